The fourth-order valence-electron chi connectivity index (χ4n) is 4.96. The van der Waals surface area contributed by atoms with E-state index in [2.05, 4.69) is 41.3 Å². The summed E-state index contributed by atoms with van der Waals surface area (Å²) in [7, 11) is 0. The van der Waals surface area contributed by atoms with Gasteiger partial charge in [-0.2, -0.15) is 0 Å². The lowest BCUT2D eigenvalue weighted by atomic mass is 9.74. The Kier molecular flexibility index (Phi) is 4.37. The van der Waals surface area contributed by atoms with E-state index < -0.39 is 0 Å². The second-order valence-corrected chi connectivity index (χ2v) is 8.97. The number of nitrogens with zero attached hydrogens (tertiary/aromatic N) is 2. The molecule has 0 bridgehead atoms. The smallest absolute Gasteiger partial charge is 0.231 e. The van der Waals surface area contributed by atoms with Crippen molar-refractivity contribution in [3.8, 4) is 23.0 Å². The quantitative estimate of drug-likeness (QED) is 0.537. The van der Waals surface area contributed by atoms with Gasteiger partial charge in [0, 0.05) is 18.0 Å². The van der Waals surface area contributed by atoms with Crippen molar-refractivity contribution >= 4 is 17.7 Å². The molecular formula is C25H23ClN2O3. The van der Waals surface area contributed by atoms with Crippen molar-refractivity contribution in [1.29, 1.82) is 0 Å². The molecule has 31 heavy (non-hydrogen) atoms. The van der Waals surface area contributed by atoms with E-state index in [0.29, 0.717) is 22.4 Å². The summed E-state index contributed by atoms with van der Waals surface area (Å²) in [5.41, 5.74) is 4.73. The van der Waals surface area contributed by atoms with E-state index in [-0.39, 0.29) is 12.2 Å². The van der Waals surface area contributed by atoms with Crippen LogP contribution in [-0.2, 0) is 12.0 Å². The third-order valence-electron chi connectivity index (χ3n) is 6.79. The van der Waals surface area contributed by atoms with Crippen LogP contribution < -0.4 is 9.47 Å². The van der Waals surface area contributed by atoms with E-state index in [9.17, 15) is 0 Å². The van der Waals surface area contributed by atoms with Gasteiger partial charge in [-0.05, 0) is 50.0 Å². The van der Waals surface area contributed by atoms with Crippen molar-refractivity contribution in [3.63, 3.8) is 0 Å². The average Bonchev–Trinajstić information content (AvgIpc) is 3.48. The number of hydrogen-bond acceptors (Lipinski definition) is 5. The number of oxazole rings is 1. The van der Waals surface area contributed by atoms with E-state index in [1.165, 1.54) is 11.1 Å². The van der Waals surface area contributed by atoms with Gasteiger partial charge in [0.2, 0.25) is 12.7 Å². The molecule has 1 aromatic heterocycles. The molecule has 5 nitrogen and oxygen atoms in total. The molecule has 0 radical (unpaired) electrons. The molecule has 1 aliphatic carbocycles. The minimum Gasteiger partial charge on any atom is -0.454 e. The summed E-state index contributed by atoms with van der Waals surface area (Å²) in [5, 5.41) is 0.545. The van der Waals surface area contributed by atoms with Crippen LogP contribution in [0.2, 0.25) is 5.02 Å². The normalized spacial score (nSPS) is 18.6. The molecule has 0 saturated carbocycles. The fourth-order valence-corrected chi connectivity index (χ4v) is 5.20. The van der Waals surface area contributed by atoms with Crippen molar-refractivity contribution in [2.75, 3.05) is 19.9 Å². The number of rotatable bonds is 3. The van der Waals surface area contributed by atoms with Crippen molar-refractivity contribution < 1.29 is 13.9 Å². The zero-order valence-corrected chi connectivity index (χ0v) is 18.1. The van der Waals surface area contributed by atoms with Crippen LogP contribution in [0.15, 0.2) is 46.9 Å². The van der Waals surface area contributed by atoms with Gasteiger partial charge < -0.3 is 13.9 Å². The van der Waals surface area contributed by atoms with Crippen molar-refractivity contribution in [3.05, 3.63) is 70.1 Å². The topological polar surface area (TPSA) is 47.7 Å². The molecule has 6 heteroatoms. The van der Waals surface area contributed by atoms with Gasteiger partial charge in [-0.15, -0.1) is 0 Å². The Balaban J connectivity index is 1.19. The molecule has 1 saturated heterocycles. The molecule has 6 rings (SSSR count). The van der Waals surface area contributed by atoms with E-state index in [1.54, 1.807) is 6.07 Å². The van der Waals surface area contributed by atoms with Crippen molar-refractivity contribution in [2.45, 2.75) is 31.7 Å². The SMILES string of the molecule is Cc1oc(-c2cc3c(cc2Cl)OCO3)nc1CN1CCC2(C=Cc3ccccc32)CC1. The van der Waals surface area contributed by atoms with Gasteiger partial charge >= 0.3 is 0 Å². The monoisotopic (exact) mass is 434 g/mol. The largest absolute Gasteiger partial charge is 0.454 e. The fraction of sp³-hybridized carbons (Fsp3) is 0.320. The van der Waals surface area contributed by atoms with Crippen LogP contribution in [0.4, 0.5) is 0 Å². The number of hydrogen-bond donors (Lipinski definition) is 0. The maximum atomic E-state index is 6.45. The molecule has 1 spiro atoms. The number of allylic oxidation sites excluding steroid dienone is 1. The number of halogens is 1. The summed E-state index contributed by atoms with van der Waals surface area (Å²) in [6, 6.07) is 12.4. The highest BCUT2D eigenvalue weighted by Gasteiger charge is 2.38. The Bertz CT molecular complexity index is 1190. The Morgan fingerprint density at radius 2 is 1.87 bits per heavy atom. The first-order valence-corrected chi connectivity index (χ1v) is 11.1. The number of fused-ring (bicyclic) bond motifs is 3. The van der Waals surface area contributed by atoms with Crippen LogP contribution in [0, 0.1) is 6.92 Å². The first-order valence-electron chi connectivity index (χ1n) is 10.7. The number of likely N-dealkylation sites (tertiary alicyclic amines) is 1. The van der Waals surface area contributed by atoms with Crippen molar-refractivity contribution in [1.82, 2.24) is 9.88 Å². The summed E-state index contributed by atoms with van der Waals surface area (Å²) in [6.45, 7) is 5.02. The highest BCUT2D eigenvalue weighted by atomic mass is 35.5. The minimum atomic E-state index is 0.192. The molecule has 1 fully saturated rings. The summed E-state index contributed by atoms with van der Waals surface area (Å²) in [6.07, 6.45) is 6.95. The summed E-state index contributed by atoms with van der Waals surface area (Å²) in [4.78, 5) is 7.25. The first kappa shape index (κ1) is 19.0. The third kappa shape index (κ3) is 3.15. The predicted molar refractivity (Wildman–Crippen MR) is 119 cm³/mol. The van der Waals surface area contributed by atoms with Crippen LogP contribution >= 0.6 is 11.6 Å². The molecule has 158 valence electrons. The zero-order chi connectivity index (χ0) is 21.0. The molecule has 0 atom stereocenters. The summed E-state index contributed by atoms with van der Waals surface area (Å²) >= 11 is 6.45. The Hall–Kier alpha value is -2.76. The molecular weight excluding hydrogens is 412 g/mol. The lowest BCUT2D eigenvalue weighted by Gasteiger charge is -2.39. The number of aromatic nitrogens is 1. The number of piperidine rings is 1. The molecule has 3 aliphatic rings. The molecule has 2 aromatic carbocycles. The number of aryl methyl sites for hydroxylation is 1. The Labute approximate surface area is 186 Å². The van der Waals surface area contributed by atoms with Gasteiger partial charge in [-0.3, -0.25) is 4.90 Å². The second kappa shape index (κ2) is 7.14. The summed E-state index contributed by atoms with van der Waals surface area (Å²) < 4.78 is 16.9. The van der Waals surface area contributed by atoms with Crippen LogP contribution in [-0.4, -0.2) is 29.8 Å². The molecule has 3 heterocycles. The minimum absolute atomic E-state index is 0.192. The molecule has 0 amide bonds. The maximum Gasteiger partial charge on any atom is 0.231 e. The van der Waals surface area contributed by atoms with Gasteiger partial charge in [0.1, 0.15) is 5.76 Å². The van der Waals surface area contributed by atoms with Crippen LogP contribution in [0.5, 0.6) is 11.5 Å². The van der Waals surface area contributed by atoms with E-state index in [0.717, 1.165) is 49.5 Å². The third-order valence-corrected chi connectivity index (χ3v) is 7.10. The molecule has 0 N–H and O–H groups in total. The predicted octanol–water partition coefficient (Wildman–Crippen LogP) is 5.59. The van der Waals surface area contributed by atoms with Gasteiger partial charge in [-0.25, -0.2) is 4.98 Å². The molecule has 3 aromatic rings. The van der Waals surface area contributed by atoms with Crippen LogP contribution in [0.3, 0.4) is 0 Å². The summed E-state index contributed by atoms with van der Waals surface area (Å²) in [5.74, 6) is 2.68. The average molecular weight is 435 g/mol. The van der Waals surface area contributed by atoms with Crippen LogP contribution in [0.1, 0.15) is 35.4 Å². The molecule has 2 aliphatic heterocycles. The lowest BCUT2D eigenvalue weighted by Crippen LogP contribution is -2.40. The molecule has 0 unspecified atom stereocenters. The maximum absolute atomic E-state index is 6.45. The van der Waals surface area contributed by atoms with Crippen molar-refractivity contribution in [2.24, 2.45) is 0 Å². The van der Waals surface area contributed by atoms with Gasteiger partial charge in [-0.1, -0.05) is 48.0 Å². The van der Waals surface area contributed by atoms with Gasteiger partial charge in [0.15, 0.2) is 11.5 Å². The first-order chi connectivity index (χ1) is 15.1. The van der Waals surface area contributed by atoms with E-state index in [1.807, 2.05) is 13.0 Å². The zero-order valence-electron chi connectivity index (χ0n) is 17.4. The second-order valence-electron chi connectivity index (χ2n) is 8.56. The number of ether oxygens (including phenoxy) is 2. The van der Waals surface area contributed by atoms with Gasteiger partial charge in [0.05, 0.1) is 16.3 Å². The van der Waals surface area contributed by atoms with E-state index >= 15 is 0 Å². The standard InChI is InChI=1S/C25H23ClN2O3/c1-16-21(27-24(31-16)18-12-22-23(13-20(18)26)30-15-29-22)14-28-10-8-25(9-11-28)7-6-17-4-2-3-5-19(17)25/h2-7,12-13H,8-11,14-15H2,1H3. The lowest BCUT2D eigenvalue weighted by molar-refractivity contribution is 0.174. The van der Waals surface area contributed by atoms with Crippen LogP contribution in [0.25, 0.3) is 17.5 Å². The van der Waals surface area contributed by atoms with E-state index in [4.69, 9.17) is 30.5 Å². The Morgan fingerprint density at radius 3 is 2.71 bits per heavy atom. The highest BCUT2D eigenvalue weighted by Crippen LogP contribution is 2.44. The van der Waals surface area contributed by atoms with Gasteiger partial charge in [0.25, 0.3) is 0 Å². The number of benzene rings is 2. The highest BCUT2D eigenvalue weighted by molar-refractivity contribution is 6.33. The Morgan fingerprint density at radius 1 is 1.10 bits per heavy atom.